The first-order valence-electron chi connectivity index (χ1n) is 3.88. The van der Waals surface area contributed by atoms with E-state index >= 15 is 0 Å². The van der Waals surface area contributed by atoms with E-state index in [-0.39, 0.29) is 25.7 Å². The molecule has 0 bridgehead atoms. The summed E-state index contributed by atoms with van der Waals surface area (Å²) in [6.07, 6.45) is 0. The van der Waals surface area contributed by atoms with Gasteiger partial charge in [0.25, 0.3) is 7.82 Å². The largest absolute Gasteiger partial charge is 0.756 e. The summed E-state index contributed by atoms with van der Waals surface area (Å²) in [5.74, 6) is -0.240. The minimum absolute atomic E-state index is 0.0287. The van der Waals surface area contributed by atoms with Crippen LogP contribution in [0.4, 0.5) is 0 Å². The van der Waals surface area contributed by atoms with Gasteiger partial charge in [0.05, 0.1) is 13.2 Å². The first-order valence-corrected chi connectivity index (χ1v) is 6.46. The molecule has 0 heterocycles. The van der Waals surface area contributed by atoms with Gasteiger partial charge in [-0.3, -0.25) is 9.36 Å². The molecule has 0 rings (SSSR count). The Kier molecular flexibility index (Phi) is 7.40. The summed E-state index contributed by atoms with van der Waals surface area (Å²) >= 11 is 3.01. The second kappa shape index (κ2) is 7.36. The van der Waals surface area contributed by atoms with Crippen molar-refractivity contribution in [1.29, 1.82) is 0 Å². The van der Waals surface area contributed by atoms with Crippen molar-refractivity contribution < 1.29 is 23.3 Å². The Hall–Kier alpha value is 0.0600. The summed E-state index contributed by atoms with van der Waals surface area (Å²) in [6, 6.07) is 0. The lowest BCUT2D eigenvalue weighted by molar-refractivity contribution is -0.224. The summed E-state index contributed by atoms with van der Waals surface area (Å²) < 4.78 is 19.7. The van der Waals surface area contributed by atoms with E-state index in [1.807, 2.05) is 0 Å². The lowest BCUT2D eigenvalue weighted by Crippen LogP contribution is -2.25. The molecule has 1 atom stereocenters. The van der Waals surface area contributed by atoms with Gasteiger partial charge < -0.3 is 19.3 Å². The summed E-state index contributed by atoms with van der Waals surface area (Å²) in [5.41, 5.74) is 0. The molecule has 84 valence electrons. The van der Waals surface area contributed by atoms with E-state index in [9.17, 15) is 14.3 Å². The number of hydrogen-bond donors (Lipinski definition) is 1. The van der Waals surface area contributed by atoms with Crippen LogP contribution in [0.3, 0.4) is 0 Å². The predicted molar refractivity (Wildman–Crippen MR) is 52.0 cm³/mol. The molecule has 0 aliphatic rings. The van der Waals surface area contributed by atoms with Gasteiger partial charge in [-0.2, -0.15) is 0 Å². The minimum Gasteiger partial charge on any atom is -0.756 e. The van der Waals surface area contributed by atoms with Crippen molar-refractivity contribution in [3.05, 3.63) is 0 Å². The fourth-order valence-electron chi connectivity index (χ4n) is 0.568. The van der Waals surface area contributed by atoms with Crippen molar-refractivity contribution in [2.24, 2.45) is 0 Å². The third-order valence-electron chi connectivity index (χ3n) is 1.05. The van der Waals surface area contributed by atoms with Crippen LogP contribution in [-0.4, -0.2) is 31.0 Å². The van der Waals surface area contributed by atoms with Crippen LogP contribution in [0.1, 0.15) is 6.92 Å². The number of phosphoric acid groups is 1. The van der Waals surface area contributed by atoms with Gasteiger partial charge in [-0.15, -0.1) is 0 Å². The number of carbonyl (C=O) groups is 1. The van der Waals surface area contributed by atoms with E-state index in [0.29, 0.717) is 5.33 Å². The Bertz CT molecular complexity index is 224. The molecule has 6 nitrogen and oxygen atoms in total. The second-order valence-corrected chi connectivity index (χ2v) is 4.49. The van der Waals surface area contributed by atoms with Gasteiger partial charge in [0.15, 0.2) is 0 Å². The normalized spacial score (nSPS) is 14.8. The molecule has 8 heteroatoms. The zero-order valence-electron chi connectivity index (χ0n) is 7.69. The highest BCUT2D eigenvalue weighted by molar-refractivity contribution is 9.09. The van der Waals surface area contributed by atoms with Crippen molar-refractivity contribution in [2.75, 3.05) is 25.1 Å². The minimum atomic E-state index is -4.20. The fraction of sp³-hybridized carbons (Fsp3) is 0.833. The smallest absolute Gasteiger partial charge is 0.267 e. The third kappa shape index (κ3) is 8.65. The summed E-state index contributed by atoms with van der Waals surface area (Å²) in [6.45, 7) is 1.38. The molecule has 0 radical (unpaired) electrons. The summed E-state index contributed by atoms with van der Waals surface area (Å²) in [5, 5.41) is 2.80. The molecule has 1 unspecified atom stereocenters. The van der Waals surface area contributed by atoms with E-state index < -0.39 is 7.82 Å². The average molecular weight is 289 g/mol. The number of carbonyl (C=O) groups excluding carboxylic acids is 1. The number of rotatable bonds is 7. The maximum Gasteiger partial charge on any atom is 0.267 e. The monoisotopic (exact) mass is 288 g/mol. The molecule has 0 spiro atoms. The molecule has 1 amide bonds. The maximum absolute atomic E-state index is 10.9. The molecule has 1 N–H and O–H groups in total. The molecule has 0 aromatic heterocycles. The Morgan fingerprint density at radius 2 is 2.07 bits per heavy atom. The Morgan fingerprint density at radius 3 is 2.57 bits per heavy atom. The van der Waals surface area contributed by atoms with Gasteiger partial charge in [-0.25, -0.2) is 0 Å². The van der Waals surface area contributed by atoms with Gasteiger partial charge in [0.1, 0.15) is 0 Å². The van der Waals surface area contributed by atoms with Crippen LogP contribution in [0.2, 0.25) is 0 Å². The highest BCUT2D eigenvalue weighted by atomic mass is 79.9. The van der Waals surface area contributed by atoms with Crippen molar-refractivity contribution in [3.63, 3.8) is 0 Å². The molecular formula is C6H12BrNO5P-. The zero-order valence-corrected chi connectivity index (χ0v) is 10.2. The standard InChI is InChI=1S/C6H13BrNO5P/c1-6(9)8-3-5-13-14(10,11)12-4-2-7/h2-5H2,1H3,(H,8,9)(H,10,11)/p-1. The molecule has 0 saturated carbocycles. The van der Waals surface area contributed by atoms with Gasteiger partial charge in [0, 0.05) is 18.8 Å². The van der Waals surface area contributed by atoms with Crippen molar-refractivity contribution >= 4 is 29.7 Å². The van der Waals surface area contributed by atoms with Crippen LogP contribution < -0.4 is 10.2 Å². The van der Waals surface area contributed by atoms with E-state index in [0.717, 1.165) is 0 Å². The molecule has 0 fully saturated rings. The zero-order chi connectivity index (χ0) is 11.0. The number of alkyl halides is 1. The highest BCUT2D eigenvalue weighted by Crippen LogP contribution is 2.37. The molecule has 0 aromatic rings. The van der Waals surface area contributed by atoms with Crippen LogP contribution in [-0.2, 0) is 18.4 Å². The Balaban J connectivity index is 3.55. The van der Waals surface area contributed by atoms with E-state index in [1.165, 1.54) is 6.92 Å². The number of nitrogens with one attached hydrogen (secondary N) is 1. The maximum atomic E-state index is 10.9. The van der Waals surface area contributed by atoms with Gasteiger partial charge >= 0.3 is 0 Å². The Labute approximate surface area is 90.7 Å². The highest BCUT2D eigenvalue weighted by Gasteiger charge is 2.07. The lowest BCUT2D eigenvalue weighted by atomic mass is 10.6. The van der Waals surface area contributed by atoms with Crippen LogP contribution in [0.25, 0.3) is 0 Å². The molecule has 14 heavy (non-hydrogen) atoms. The van der Waals surface area contributed by atoms with Gasteiger partial charge in [0.2, 0.25) is 5.91 Å². The van der Waals surface area contributed by atoms with E-state index in [1.54, 1.807) is 0 Å². The third-order valence-corrected chi connectivity index (χ3v) is 2.37. The number of hydrogen-bond acceptors (Lipinski definition) is 5. The number of halogens is 1. The number of phosphoric ester groups is 1. The first-order chi connectivity index (χ1) is 6.48. The molecular weight excluding hydrogens is 277 g/mol. The van der Waals surface area contributed by atoms with Crippen molar-refractivity contribution in [2.45, 2.75) is 6.92 Å². The van der Waals surface area contributed by atoms with Crippen LogP contribution in [0.5, 0.6) is 0 Å². The SMILES string of the molecule is CC(=O)NCCOP(=O)([O-])OCCBr. The number of amides is 1. The van der Waals surface area contributed by atoms with E-state index in [4.69, 9.17) is 0 Å². The topological polar surface area (TPSA) is 87.7 Å². The second-order valence-electron chi connectivity index (χ2n) is 2.29. The van der Waals surface area contributed by atoms with E-state index in [2.05, 4.69) is 30.3 Å². The quantitative estimate of drug-likeness (QED) is 0.405. The van der Waals surface area contributed by atoms with Gasteiger partial charge in [-0.05, 0) is 0 Å². The van der Waals surface area contributed by atoms with Crippen molar-refractivity contribution in [3.8, 4) is 0 Å². The Morgan fingerprint density at radius 1 is 1.50 bits per heavy atom. The van der Waals surface area contributed by atoms with Crippen LogP contribution in [0, 0.1) is 0 Å². The summed E-state index contributed by atoms with van der Waals surface area (Å²) in [7, 11) is -4.20. The molecule has 0 aliphatic heterocycles. The van der Waals surface area contributed by atoms with Gasteiger partial charge in [-0.1, -0.05) is 15.9 Å². The first kappa shape index (κ1) is 14.1. The molecule has 0 saturated heterocycles. The van der Waals surface area contributed by atoms with Crippen molar-refractivity contribution in [1.82, 2.24) is 5.32 Å². The molecule has 0 aliphatic carbocycles. The van der Waals surface area contributed by atoms with Crippen LogP contribution in [0.15, 0.2) is 0 Å². The predicted octanol–water partition coefficient (Wildman–Crippen LogP) is 0.0190. The average Bonchev–Trinajstić information content (AvgIpc) is 2.09. The fourth-order valence-corrected chi connectivity index (χ4v) is 1.68. The lowest BCUT2D eigenvalue weighted by Gasteiger charge is -2.21. The van der Waals surface area contributed by atoms with Crippen LogP contribution >= 0.6 is 23.8 Å². The summed E-state index contributed by atoms with van der Waals surface area (Å²) in [4.78, 5) is 21.3. The molecule has 0 aromatic carbocycles.